The fourth-order valence-corrected chi connectivity index (χ4v) is 2.10. The minimum atomic E-state index is -0.926. The van der Waals surface area contributed by atoms with Gasteiger partial charge in [-0.25, -0.2) is 0 Å². The van der Waals surface area contributed by atoms with Gasteiger partial charge in [0.05, 0.1) is 0 Å². The average molecular weight is 343 g/mol. The molecule has 1 fully saturated rings. The molecule has 1 unspecified atom stereocenters. The van der Waals surface area contributed by atoms with Crippen LogP contribution in [0.2, 0.25) is 0 Å². The molecule has 3 N–H and O–H groups in total. The number of nitrogens with one attached hydrogen (secondary N) is 1. The van der Waals surface area contributed by atoms with E-state index in [1.165, 1.54) is 6.92 Å². The van der Waals surface area contributed by atoms with Gasteiger partial charge in [0, 0.05) is 32.4 Å². The van der Waals surface area contributed by atoms with E-state index in [-0.39, 0.29) is 37.0 Å². The summed E-state index contributed by atoms with van der Waals surface area (Å²) in [5, 5.41) is 2.65. The molecule has 0 aromatic heterocycles. The number of carbonyl (C=O) groups is 4. The molecule has 0 aromatic carbocycles. The Balaban J connectivity index is 0. The summed E-state index contributed by atoms with van der Waals surface area (Å²) in [6.07, 6.45) is 2.14. The highest BCUT2D eigenvalue weighted by atomic mass is 16.2. The molecule has 24 heavy (non-hydrogen) atoms. The molecular formula is C17H33N3O4. The van der Waals surface area contributed by atoms with Crippen molar-refractivity contribution in [3.8, 4) is 0 Å². The maximum absolute atomic E-state index is 11.9. The van der Waals surface area contributed by atoms with Gasteiger partial charge in [-0.15, -0.1) is 0 Å². The minimum absolute atomic E-state index is 0.0865. The van der Waals surface area contributed by atoms with Gasteiger partial charge in [0.25, 0.3) is 0 Å². The molecule has 140 valence electrons. The highest BCUT2D eigenvalue weighted by Gasteiger charge is 2.37. The van der Waals surface area contributed by atoms with E-state index in [9.17, 15) is 19.2 Å². The third kappa shape index (κ3) is 8.76. The summed E-state index contributed by atoms with van der Waals surface area (Å²) in [5.74, 6) is -1.00. The van der Waals surface area contributed by atoms with Gasteiger partial charge < -0.3 is 15.8 Å². The number of ketones is 1. The van der Waals surface area contributed by atoms with Gasteiger partial charge >= 0.3 is 0 Å². The Morgan fingerprint density at radius 2 is 1.58 bits per heavy atom. The summed E-state index contributed by atoms with van der Waals surface area (Å²) in [6, 6.07) is -0.926. The molecule has 1 atom stereocenters. The fraction of sp³-hybridized carbons (Fsp3) is 0.765. The quantitative estimate of drug-likeness (QED) is 0.511. The lowest BCUT2D eigenvalue weighted by Crippen LogP contribution is -2.53. The molecule has 1 aliphatic heterocycles. The molecule has 0 aromatic rings. The number of nitrogens with zero attached hydrogens (tertiary/aromatic N) is 1. The van der Waals surface area contributed by atoms with E-state index < -0.39 is 11.9 Å². The molecule has 0 spiro atoms. The van der Waals surface area contributed by atoms with Gasteiger partial charge in [-0.2, -0.15) is 0 Å². The van der Waals surface area contributed by atoms with E-state index in [0.29, 0.717) is 25.8 Å². The molecule has 0 radical (unpaired) electrons. The normalized spacial score (nSPS) is 14.2. The van der Waals surface area contributed by atoms with E-state index in [0.717, 1.165) is 4.90 Å². The van der Waals surface area contributed by atoms with Crippen LogP contribution in [0.15, 0.2) is 0 Å². The number of amides is 3. The molecule has 1 aliphatic rings. The van der Waals surface area contributed by atoms with Crippen LogP contribution in [-0.2, 0) is 19.2 Å². The minimum Gasteiger partial charge on any atom is -0.354 e. The topological polar surface area (TPSA) is 110 Å². The predicted octanol–water partition coefficient (Wildman–Crippen LogP) is 1.39. The number of rotatable bonds is 8. The first kappa shape index (κ1) is 24.5. The first-order valence-corrected chi connectivity index (χ1v) is 8.79. The van der Waals surface area contributed by atoms with Crippen LogP contribution in [0.3, 0.4) is 0 Å². The summed E-state index contributed by atoms with van der Waals surface area (Å²) in [5.41, 5.74) is 5.50. The molecule has 7 nitrogen and oxygen atoms in total. The highest BCUT2D eigenvalue weighted by Crippen LogP contribution is 2.15. The summed E-state index contributed by atoms with van der Waals surface area (Å²) in [6.45, 7) is 9.84. The second kappa shape index (κ2) is 14.8. The third-order valence-electron chi connectivity index (χ3n) is 3.18. The zero-order chi connectivity index (χ0) is 19.1. The zero-order valence-electron chi connectivity index (χ0n) is 15.7. The number of unbranched alkanes of at least 4 members (excludes halogenated alkanes) is 1. The molecular weight excluding hydrogens is 310 g/mol. The van der Waals surface area contributed by atoms with Crippen LogP contribution in [0.25, 0.3) is 0 Å². The number of hydrogen-bond acceptors (Lipinski definition) is 5. The van der Waals surface area contributed by atoms with Crippen molar-refractivity contribution in [1.82, 2.24) is 10.2 Å². The van der Waals surface area contributed by atoms with Crippen molar-refractivity contribution in [2.75, 3.05) is 13.1 Å². The van der Waals surface area contributed by atoms with Crippen molar-refractivity contribution in [2.45, 2.75) is 72.8 Å². The van der Waals surface area contributed by atoms with Crippen molar-refractivity contribution in [2.24, 2.45) is 5.73 Å². The smallest absolute Gasteiger partial charge is 0.244 e. The van der Waals surface area contributed by atoms with Crippen LogP contribution < -0.4 is 11.1 Å². The lowest BCUT2D eigenvalue weighted by molar-refractivity contribution is -0.146. The van der Waals surface area contributed by atoms with Gasteiger partial charge in [0.15, 0.2) is 0 Å². The molecule has 0 aliphatic carbocycles. The maximum Gasteiger partial charge on any atom is 0.244 e. The lowest BCUT2D eigenvalue weighted by atomic mass is 10.2. The number of nitrogens with two attached hydrogens (primary N) is 1. The summed E-state index contributed by atoms with van der Waals surface area (Å²) in [4.78, 5) is 46.8. The standard InChI is InChI=1S/C13H21N3O4.2C2H6/c1-9(17)4-2-3-7-15-13(20)10(8-14)16-11(18)5-6-12(16)19;2*1-2/h10H,2-8,14H2,1H3,(H,15,20);2*1-2H3. The Labute approximate surface area is 145 Å². The Hall–Kier alpha value is -1.76. The predicted molar refractivity (Wildman–Crippen MR) is 94.2 cm³/mol. The number of Topliss-reactive ketones (excluding diaryl/α,β-unsaturated/α-hetero) is 1. The van der Waals surface area contributed by atoms with Crippen LogP contribution in [0.5, 0.6) is 0 Å². The van der Waals surface area contributed by atoms with E-state index in [4.69, 9.17) is 5.73 Å². The van der Waals surface area contributed by atoms with E-state index in [1.54, 1.807) is 0 Å². The number of imide groups is 1. The molecule has 3 amide bonds. The maximum atomic E-state index is 11.9. The Bertz CT molecular complexity index is 395. The van der Waals surface area contributed by atoms with E-state index in [1.807, 2.05) is 27.7 Å². The number of carbonyl (C=O) groups excluding carboxylic acids is 4. The van der Waals surface area contributed by atoms with Crippen molar-refractivity contribution >= 4 is 23.5 Å². The van der Waals surface area contributed by atoms with Crippen molar-refractivity contribution in [3.05, 3.63) is 0 Å². The van der Waals surface area contributed by atoms with E-state index >= 15 is 0 Å². The van der Waals surface area contributed by atoms with Crippen LogP contribution >= 0.6 is 0 Å². The Morgan fingerprint density at radius 3 is 2.00 bits per heavy atom. The number of likely N-dealkylation sites (tertiary alicyclic amines) is 1. The zero-order valence-corrected chi connectivity index (χ0v) is 15.7. The molecule has 0 saturated carbocycles. The van der Waals surface area contributed by atoms with Crippen LogP contribution in [0.1, 0.15) is 66.7 Å². The highest BCUT2D eigenvalue weighted by molar-refractivity contribution is 6.05. The van der Waals surface area contributed by atoms with Gasteiger partial charge in [-0.1, -0.05) is 27.7 Å². The number of hydrogen-bond donors (Lipinski definition) is 2. The van der Waals surface area contributed by atoms with Crippen molar-refractivity contribution in [1.29, 1.82) is 0 Å². The second-order valence-electron chi connectivity index (χ2n) is 4.86. The summed E-state index contributed by atoms with van der Waals surface area (Å²) in [7, 11) is 0. The van der Waals surface area contributed by atoms with Gasteiger partial charge in [0.2, 0.25) is 17.7 Å². The molecule has 1 heterocycles. The molecule has 1 saturated heterocycles. The van der Waals surface area contributed by atoms with Crippen LogP contribution in [0.4, 0.5) is 0 Å². The van der Waals surface area contributed by atoms with E-state index in [2.05, 4.69) is 5.32 Å². The SMILES string of the molecule is CC.CC.CC(=O)CCCCNC(=O)C(CN)N1C(=O)CCC1=O. The first-order valence-electron chi connectivity index (χ1n) is 8.79. The Morgan fingerprint density at radius 1 is 1.08 bits per heavy atom. The molecule has 1 rings (SSSR count). The molecule has 0 bridgehead atoms. The fourth-order valence-electron chi connectivity index (χ4n) is 2.10. The summed E-state index contributed by atoms with van der Waals surface area (Å²) >= 11 is 0. The average Bonchev–Trinajstić information content (AvgIpc) is 2.91. The van der Waals surface area contributed by atoms with Crippen LogP contribution in [-0.4, -0.2) is 47.5 Å². The monoisotopic (exact) mass is 343 g/mol. The van der Waals surface area contributed by atoms with Crippen molar-refractivity contribution in [3.63, 3.8) is 0 Å². The lowest BCUT2D eigenvalue weighted by Gasteiger charge is -2.23. The van der Waals surface area contributed by atoms with Gasteiger partial charge in [0.1, 0.15) is 11.8 Å². The third-order valence-corrected chi connectivity index (χ3v) is 3.18. The van der Waals surface area contributed by atoms with Crippen molar-refractivity contribution < 1.29 is 19.2 Å². The first-order chi connectivity index (χ1) is 11.5. The second-order valence-corrected chi connectivity index (χ2v) is 4.86. The Kier molecular flexibility index (Phi) is 15.1. The molecule has 7 heteroatoms. The van der Waals surface area contributed by atoms with Crippen LogP contribution in [0, 0.1) is 0 Å². The largest absolute Gasteiger partial charge is 0.354 e. The van der Waals surface area contributed by atoms with Gasteiger partial charge in [-0.3, -0.25) is 19.3 Å². The van der Waals surface area contributed by atoms with Gasteiger partial charge in [-0.05, 0) is 19.8 Å². The summed E-state index contributed by atoms with van der Waals surface area (Å²) < 4.78 is 0.